The lowest BCUT2D eigenvalue weighted by molar-refractivity contribution is -0.130. The Morgan fingerprint density at radius 1 is 1.17 bits per heavy atom. The summed E-state index contributed by atoms with van der Waals surface area (Å²) >= 11 is 0. The number of rotatable bonds is 12. The zero-order chi connectivity index (χ0) is 26.9. The number of nitrogens with one attached hydrogen (secondary N) is 2. The van der Waals surface area contributed by atoms with Gasteiger partial charge in [-0.2, -0.15) is 0 Å². The van der Waals surface area contributed by atoms with Crippen LogP contribution in [0.25, 0.3) is 0 Å². The van der Waals surface area contributed by atoms with Crippen LogP contribution in [0, 0.1) is 20.8 Å². The van der Waals surface area contributed by atoms with Gasteiger partial charge in [0.15, 0.2) is 0 Å². The van der Waals surface area contributed by atoms with Gasteiger partial charge in [-0.05, 0) is 68.4 Å². The summed E-state index contributed by atoms with van der Waals surface area (Å²) in [6.45, 7) is 5.73. The van der Waals surface area contributed by atoms with E-state index in [9.17, 15) is 18.3 Å². The molecule has 36 heavy (non-hydrogen) atoms. The first-order chi connectivity index (χ1) is 17.0. The van der Waals surface area contributed by atoms with Gasteiger partial charge in [-0.1, -0.05) is 30.3 Å². The fourth-order valence-electron chi connectivity index (χ4n) is 3.83. The fraction of sp³-hybridized carbons (Fsp3) is 0.440. The maximum absolute atomic E-state index is 12.9. The van der Waals surface area contributed by atoms with Crippen LogP contribution in [-0.4, -0.2) is 57.7 Å². The Labute approximate surface area is 213 Å². The number of amides is 1. The predicted octanol–water partition coefficient (Wildman–Crippen LogP) is 1.04. The van der Waals surface area contributed by atoms with Gasteiger partial charge < -0.3 is 26.6 Å². The van der Waals surface area contributed by atoms with Crippen molar-refractivity contribution in [3.8, 4) is 5.75 Å². The lowest BCUT2D eigenvalue weighted by Gasteiger charge is -2.18. The third-order valence-electron chi connectivity index (χ3n) is 5.91. The SMILES string of the molecule is COc1cc(C)c(S(=O)(=O)NC(N)=NCCCC(N)C(O)C(=O)NCCc2ccccc2)c(C)c1C. The van der Waals surface area contributed by atoms with E-state index in [4.69, 9.17) is 16.2 Å². The van der Waals surface area contributed by atoms with Gasteiger partial charge in [-0.3, -0.25) is 9.79 Å². The maximum Gasteiger partial charge on any atom is 0.264 e. The number of aliphatic imine (C=N–C) groups is 1. The summed E-state index contributed by atoms with van der Waals surface area (Å²) in [5.74, 6) is -0.182. The number of guanidine groups is 1. The largest absolute Gasteiger partial charge is 0.496 e. The highest BCUT2D eigenvalue weighted by Crippen LogP contribution is 2.30. The molecule has 0 bridgehead atoms. The maximum atomic E-state index is 12.9. The number of methoxy groups -OCH3 is 1. The van der Waals surface area contributed by atoms with Gasteiger partial charge in [0.1, 0.15) is 11.9 Å². The molecule has 0 saturated heterocycles. The van der Waals surface area contributed by atoms with Gasteiger partial charge in [0, 0.05) is 19.1 Å². The van der Waals surface area contributed by atoms with E-state index in [-0.39, 0.29) is 17.4 Å². The van der Waals surface area contributed by atoms with Crippen molar-refractivity contribution in [3.05, 3.63) is 58.7 Å². The molecule has 2 unspecified atom stereocenters. The first-order valence-corrected chi connectivity index (χ1v) is 13.2. The van der Waals surface area contributed by atoms with E-state index < -0.39 is 28.1 Å². The molecule has 0 spiro atoms. The van der Waals surface area contributed by atoms with E-state index in [0.717, 1.165) is 11.1 Å². The van der Waals surface area contributed by atoms with E-state index in [1.54, 1.807) is 26.8 Å². The minimum atomic E-state index is -3.95. The molecular weight excluding hydrogens is 482 g/mol. The molecule has 2 aromatic carbocycles. The second-order valence-electron chi connectivity index (χ2n) is 8.62. The molecule has 0 saturated carbocycles. The quantitative estimate of drug-likeness (QED) is 0.158. The van der Waals surface area contributed by atoms with Crippen molar-refractivity contribution in [2.45, 2.75) is 57.1 Å². The Kier molecular flexibility index (Phi) is 10.7. The molecule has 2 atom stereocenters. The van der Waals surface area contributed by atoms with E-state index in [1.165, 1.54) is 7.11 Å². The highest BCUT2D eigenvalue weighted by Gasteiger charge is 2.24. The molecule has 0 radical (unpaired) electrons. The van der Waals surface area contributed by atoms with Crippen molar-refractivity contribution in [1.29, 1.82) is 0 Å². The minimum Gasteiger partial charge on any atom is -0.496 e. The number of carbonyl (C=O) groups excluding carboxylic acids is 1. The normalized spacial score (nSPS) is 13.7. The molecule has 0 aromatic heterocycles. The lowest BCUT2D eigenvalue weighted by atomic mass is 10.1. The molecule has 1 amide bonds. The van der Waals surface area contributed by atoms with Crippen LogP contribution in [-0.2, 0) is 21.2 Å². The average Bonchev–Trinajstić information content (AvgIpc) is 2.83. The molecule has 0 heterocycles. The van der Waals surface area contributed by atoms with Crippen molar-refractivity contribution in [2.24, 2.45) is 16.5 Å². The zero-order valence-corrected chi connectivity index (χ0v) is 22.1. The summed E-state index contributed by atoms with van der Waals surface area (Å²) in [6, 6.07) is 10.6. The van der Waals surface area contributed by atoms with E-state index in [0.29, 0.717) is 42.7 Å². The number of benzene rings is 2. The monoisotopic (exact) mass is 519 g/mol. The third kappa shape index (κ3) is 7.94. The Morgan fingerprint density at radius 3 is 2.47 bits per heavy atom. The number of carbonyl (C=O) groups is 1. The average molecular weight is 520 g/mol. The first-order valence-electron chi connectivity index (χ1n) is 11.7. The number of hydrogen-bond donors (Lipinski definition) is 5. The van der Waals surface area contributed by atoms with E-state index >= 15 is 0 Å². The second kappa shape index (κ2) is 13.2. The number of nitrogens with two attached hydrogens (primary N) is 2. The Bertz CT molecular complexity index is 1170. The third-order valence-corrected chi connectivity index (χ3v) is 7.56. The highest BCUT2D eigenvalue weighted by atomic mass is 32.2. The summed E-state index contributed by atoms with van der Waals surface area (Å²) in [4.78, 5) is 16.3. The van der Waals surface area contributed by atoms with Crippen LogP contribution in [0.15, 0.2) is 46.3 Å². The molecule has 198 valence electrons. The molecule has 10 nitrogen and oxygen atoms in total. The van der Waals surface area contributed by atoms with Crippen molar-refractivity contribution in [2.75, 3.05) is 20.2 Å². The molecule has 0 aliphatic heterocycles. The van der Waals surface area contributed by atoms with E-state index in [2.05, 4.69) is 15.0 Å². The topological polar surface area (TPSA) is 169 Å². The van der Waals surface area contributed by atoms with Gasteiger partial charge in [-0.25, -0.2) is 13.1 Å². The molecule has 2 rings (SSSR count). The predicted molar refractivity (Wildman–Crippen MR) is 140 cm³/mol. The van der Waals surface area contributed by atoms with Gasteiger partial charge in [-0.15, -0.1) is 0 Å². The number of sulfonamides is 1. The van der Waals surface area contributed by atoms with Crippen molar-refractivity contribution in [3.63, 3.8) is 0 Å². The Balaban J connectivity index is 1.84. The Hall–Kier alpha value is -3.15. The van der Waals surface area contributed by atoms with Gasteiger partial charge in [0.2, 0.25) is 11.9 Å². The molecule has 0 fully saturated rings. The van der Waals surface area contributed by atoms with Crippen molar-refractivity contribution < 1.29 is 23.1 Å². The van der Waals surface area contributed by atoms with Crippen molar-refractivity contribution >= 4 is 21.9 Å². The van der Waals surface area contributed by atoms with Crippen LogP contribution in [0.3, 0.4) is 0 Å². The minimum absolute atomic E-state index is 0.127. The van der Waals surface area contributed by atoms with Crippen LogP contribution in [0.5, 0.6) is 5.75 Å². The van der Waals surface area contributed by atoms with Crippen LogP contribution < -0.4 is 26.2 Å². The Morgan fingerprint density at radius 2 is 1.83 bits per heavy atom. The number of nitrogens with zero attached hydrogens (tertiary/aromatic N) is 1. The number of hydrogen-bond acceptors (Lipinski definition) is 7. The lowest BCUT2D eigenvalue weighted by Crippen LogP contribution is -2.46. The zero-order valence-electron chi connectivity index (χ0n) is 21.2. The molecule has 11 heteroatoms. The fourth-order valence-corrected chi connectivity index (χ4v) is 5.31. The highest BCUT2D eigenvalue weighted by molar-refractivity contribution is 7.90. The summed E-state index contributed by atoms with van der Waals surface area (Å²) in [5, 5.41) is 12.9. The molecule has 7 N–H and O–H groups in total. The summed E-state index contributed by atoms with van der Waals surface area (Å²) < 4.78 is 33.4. The van der Waals surface area contributed by atoms with Crippen LogP contribution >= 0.6 is 0 Å². The number of aryl methyl sites for hydroxylation is 1. The summed E-state index contributed by atoms with van der Waals surface area (Å²) in [5.41, 5.74) is 14.7. The molecule has 0 aliphatic rings. The van der Waals surface area contributed by atoms with Gasteiger partial charge in [0.05, 0.1) is 12.0 Å². The standard InChI is InChI=1S/C25H37N5O5S/c1-16-15-21(35-4)17(2)18(3)23(16)36(33,34)30-25(27)29-13-8-11-20(26)22(31)24(32)28-14-12-19-9-6-5-7-10-19/h5-7,9-10,15,20,22,31H,8,11-14,26H2,1-4H3,(H,28,32)(H3,27,29,30). The molecule has 2 aromatic rings. The van der Waals surface area contributed by atoms with Crippen LogP contribution in [0.2, 0.25) is 0 Å². The first kappa shape index (κ1) is 29.1. The van der Waals surface area contributed by atoms with Crippen LogP contribution in [0.1, 0.15) is 35.1 Å². The molecular formula is C25H37N5O5S. The van der Waals surface area contributed by atoms with E-state index in [1.807, 2.05) is 30.3 Å². The second-order valence-corrected chi connectivity index (χ2v) is 10.2. The van der Waals surface area contributed by atoms with Gasteiger partial charge >= 0.3 is 0 Å². The van der Waals surface area contributed by atoms with Crippen molar-refractivity contribution in [1.82, 2.24) is 10.0 Å². The number of aliphatic hydroxyl groups excluding tert-OH is 1. The smallest absolute Gasteiger partial charge is 0.264 e. The number of ether oxygens (including phenoxy) is 1. The van der Waals surface area contributed by atoms with Gasteiger partial charge in [0.25, 0.3) is 10.0 Å². The number of aliphatic hydroxyl groups is 1. The summed E-state index contributed by atoms with van der Waals surface area (Å²) in [6.07, 6.45) is -0.0114. The summed E-state index contributed by atoms with van der Waals surface area (Å²) in [7, 11) is -2.43. The molecule has 0 aliphatic carbocycles. The van der Waals surface area contributed by atoms with Crippen LogP contribution in [0.4, 0.5) is 0 Å².